The van der Waals surface area contributed by atoms with Crippen LogP contribution in [0.2, 0.25) is 0 Å². The van der Waals surface area contributed by atoms with Gasteiger partial charge in [0.05, 0.1) is 5.39 Å². The summed E-state index contributed by atoms with van der Waals surface area (Å²) in [7, 11) is 0. The van der Waals surface area contributed by atoms with Gasteiger partial charge in [0.1, 0.15) is 10.7 Å². The van der Waals surface area contributed by atoms with Crippen LogP contribution in [-0.4, -0.2) is 15.9 Å². The summed E-state index contributed by atoms with van der Waals surface area (Å²) in [6.45, 7) is 1.74. The second kappa shape index (κ2) is 4.37. The van der Waals surface area contributed by atoms with Gasteiger partial charge in [-0.05, 0) is 31.7 Å². The first-order valence-corrected chi connectivity index (χ1v) is 7.14. The Morgan fingerprint density at radius 2 is 2.11 bits per heavy atom. The number of H-pyrrole nitrogens is 1. The van der Waals surface area contributed by atoms with E-state index in [2.05, 4.69) is 9.97 Å². The SMILES string of the molecule is Cc1nc2sc(C3CCC(F)(F)CC3)cc2c(=O)[nH]1. The molecule has 0 spiro atoms. The van der Waals surface area contributed by atoms with Crippen LogP contribution in [0.3, 0.4) is 0 Å². The highest BCUT2D eigenvalue weighted by atomic mass is 32.1. The van der Waals surface area contributed by atoms with Gasteiger partial charge in [0.2, 0.25) is 5.92 Å². The number of halogens is 2. The summed E-state index contributed by atoms with van der Waals surface area (Å²) >= 11 is 1.46. The Hall–Kier alpha value is -1.30. The van der Waals surface area contributed by atoms with Crippen molar-refractivity contribution in [1.82, 2.24) is 9.97 Å². The van der Waals surface area contributed by atoms with Gasteiger partial charge in [-0.3, -0.25) is 4.79 Å². The minimum Gasteiger partial charge on any atom is -0.310 e. The molecule has 0 saturated heterocycles. The van der Waals surface area contributed by atoms with Gasteiger partial charge in [-0.25, -0.2) is 13.8 Å². The molecule has 6 heteroatoms. The molecule has 1 N–H and O–H groups in total. The Bertz CT molecular complexity index is 667. The number of fused-ring (bicyclic) bond motifs is 1. The molecule has 2 aromatic heterocycles. The molecule has 0 atom stereocenters. The first-order chi connectivity index (χ1) is 8.94. The van der Waals surface area contributed by atoms with Crippen LogP contribution in [0.1, 0.15) is 42.3 Å². The fraction of sp³-hybridized carbons (Fsp3) is 0.538. The van der Waals surface area contributed by atoms with Crippen molar-refractivity contribution in [2.24, 2.45) is 0 Å². The maximum absolute atomic E-state index is 13.2. The lowest BCUT2D eigenvalue weighted by Crippen LogP contribution is -2.23. The van der Waals surface area contributed by atoms with Gasteiger partial charge >= 0.3 is 0 Å². The molecule has 0 aromatic carbocycles. The molecule has 0 unspecified atom stereocenters. The van der Waals surface area contributed by atoms with Crippen molar-refractivity contribution < 1.29 is 8.78 Å². The second-order valence-electron chi connectivity index (χ2n) is 5.15. The summed E-state index contributed by atoms with van der Waals surface area (Å²) in [6.07, 6.45) is 0.844. The van der Waals surface area contributed by atoms with Crippen LogP contribution in [0.4, 0.5) is 8.78 Å². The molecule has 0 amide bonds. The van der Waals surface area contributed by atoms with E-state index in [-0.39, 0.29) is 24.3 Å². The standard InChI is InChI=1S/C13H14F2N2OS/c1-7-16-11(18)9-6-10(19-12(9)17-7)8-2-4-13(14,15)5-3-8/h6,8H,2-5H2,1H3,(H,16,17,18). The lowest BCUT2D eigenvalue weighted by molar-refractivity contribution is -0.0379. The first kappa shape index (κ1) is 12.7. The van der Waals surface area contributed by atoms with Crippen LogP contribution in [-0.2, 0) is 0 Å². The maximum Gasteiger partial charge on any atom is 0.259 e. The van der Waals surface area contributed by atoms with Gasteiger partial charge in [0, 0.05) is 17.7 Å². The molecular formula is C13H14F2N2OS. The van der Waals surface area contributed by atoms with E-state index in [4.69, 9.17) is 0 Å². The molecule has 0 radical (unpaired) electrons. The molecule has 1 fully saturated rings. The van der Waals surface area contributed by atoms with E-state index >= 15 is 0 Å². The number of aryl methyl sites for hydroxylation is 1. The van der Waals surface area contributed by atoms with Crippen molar-refractivity contribution in [2.75, 3.05) is 0 Å². The summed E-state index contributed by atoms with van der Waals surface area (Å²) in [6, 6.07) is 1.82. The summed E-state index contributed by atoms with van der Waals surface area (Å²) in [4.78, 5) is 20.5. The zero-order valence-corrected chi connectivity index (χ0v) is 11.3. The van der Waals surface area contributed by atoms with Gasteiger partial charge in [0.25, 0.3) is 5.56 Å². The van der Waals surface area contributed by atoms with Crippen molar-refractivity contribution in [2.45, 2.75) is 44.4 Å². The lowest BCUT2D eigenvalue weighted by Gasteiger charge is -2.27. The van der Waals surface area contributed by atoms with Crippen LogP contribution in [0.25, 0.3) is 10.2 Å². The molecule has 0 aliphatic heterocycles. The fourth-order valence-electron chi connectivity index (χ4n) is 2.58. The van der Waals surface area contributed by atoms with Gasteiger partial charge in [-0.2, -0.15) is 0 Å². The minimum atomic E-state index is -2.51. The summed E-state index contributed by atoms with van der Waals surface area (Å²) in [5.74, 6) is -1.79. The van der Waals surface area contributed by atoms with Crippen molar-refractivity contribution in [3.63, 3.8) is 0 Å². The number of aromatic amines is 1. The number of alkyl halides is 2. The second-order valence-corrected chi connectivity index (χ2v) is 6.21. The van der Waals surface area contributed by atoms with Crippen LogP contribution >= 0.6 is 11.3 Å². The Labute approximate surface area is 112 Å². The van der Waals surface area contributed by atoms with Crippen molar-refractivity contribution in [3.05, 3.63) is 27.1 Å². The Morgan fingerprint density at radius 1 is 1.42 bits per heavy atom. The van der Waals surface area contributed by atoms with E-state index in [1.807, 2.05) is 6.07 Å². The fourth-order valence-corrected chi connectivity index (χ4v) is 3.83. The summed E-state index contributed by atoms with van der Waals surface area (Å²) < 4.78 is 26.3. The molecule has 19 heavy (non-hydrogen) atoms. The smallest absolute Gasteiger partial charge is 0.259 e. The number of rotatable bonds is 1. The van der Waals surface area contributed by atoms with E-state index in [9.17, 15) is 13.6 Å². The molecule has 102 valence electrons. The molecule has 3 rings (SSSR count). The minimum absolute atomic E-state index is 0.0608. The molecule has 2 heterocycles. The average Bonchev–Trinajstić information content (AvgIpc) is 2.72. The highest BCUT2D eigenvalue weighted by Crippen LogP contribution is 2.43. The van der Waals surface area contributed by atoms with Crippen LogP contribution in [0, 0.1) is 6.92 Å². The van der Waals surface area contributed by atoms with E-state index in [1.54, 1.807) is 6.92 Å². The van der Waals surface area contributed by atoms with Crippen molar-refractivity contribution in [3.8, 4) is 0 Å². The highest BCUT2D eigenvalue weighted by Gasteiger charge is 2.35. The highest BCUT2D eigenvalue weighted by molar-refractivity contribution is 7.18. The number of thiophene rings is 1. The van der Waals surface area contributed by atoms with Gasteiger partial charge in [0.15, 0.2) is 0 Å². The predicted molar refractivity (Wildman–Crippen MR) is 71.1 cm³/mol. The number of aromatic nitrogens is 2. The van der Waals surface area contributed by atoms with Gasteiger partial charge < -0.3 is 4.98 Å². The van der Waals surface area contributed by atoms with Crippen molar-refractivity contribution >= 4 is 21.6 Å². The van der Waals surface area contributed by atoms with Gasteiger partial charge in [-0.1, -0.05) is 0 Å². The van der Waals surface area contributed by atoms with Crippen LogP contribution in [0.5, 0.6) is 0 Å². The van der Waals surface area contributed by atoms with Gasteiger partial charge in [-0.15, -0.1) is 11.3 Å². The van der Waals surface area contributed by atoms with E-state index in [1.165, 1.54) is 11.3 Å². The maximum atomic E-state index is 13.2. The van der Waals surface area contributed by atoms with Crippen LogP contribution in [0.15, 0.2) is 10.9 Å². The number of hydrogen-bond acceptors (Lipinski definition) is 3. The third kappa shape index (κ3) is 2.41. The third-order valence-electron chi connectivity index (χ3n) is 3.66. The number of hydrogen-bond donors (Lipinski definition) is 1. The topological polar surface area (TPSA) is 45.8 Å². The monoisotopic (exact) mass is 284 g/mol. The molecule has 0 bridgehead atoms. The average molecular weight is 284 g/mol. The molecule has 2 aromatic rings. The molecule has 1 aliphatic rings. The molecule has 1 saturated carbocycles. The predicted octanol–water partition coefficient (Wildman–Crippen LogP) is 3.59. The number of nitrogens with one attached hydrogen (secondary N) is 1. The normalized spacial score (nSPS) is 19.9. The zero-order valence-electron chi connectivity index (χ0n) is 10.5. The lowest BCUT2D eigenvalue weighted by atomic mass is 9.86. The van der Waals surface area contributed by atoms with E-state index in [0.717, 1.165) is 4.88 Å². The molecular weight excluding hydrogens is 270 g/mol. The first-order valence-electron chi connectivity index (χ1n) is 6.33. The summed E-state index contributed by atoms with van der Waals surface area (Å²) in [5.41, 5.74) is -0.147. The van der Waals surface area contributed by atoms with Crippen molar-refractivity contribution in [1.29, 1.82) is 0 Å². The molecule has 1 aliphatic carbocycles. The number of nitrogens with zero attached hydrogens (tertiary/aromatic N) is 1. The Morgan fingerprint density at radius 3 is 2.79 bits per heavy atom. The van der Waals surface area contributed by atoms with E-state index < -0.39 is 5.92 Å². The Kier molecular flexibility index (Phi) is 2.92. The van der Waals surface area contributed by atoms with Crippen LogP contribution < -0.4 is 5.56 Å². The summed E-state index contributed by atoms with van der Waals surface area (Å²) in [5, 5.41) is 0.572. The third-order valence-corrected chi connectivity index (χ3v) is 4.85. The molecule has 3 nitrogen and oxygen atoms in total. The largest absolute Gasteiger partial charge is 0.310 e. The zero-order chi connectivity index (χ0) is 13.6. The quantitative estimate of drug-likeness (QED) is 0.870. The van der Waals surface area contributed by atoms with E-state index in [0.29, 0.717) is 28.9 Å². The Balaban J connectivity index is 1.94.